The number of nitrogens with zero attached hydrogens (tertiary/aromatic N) is 6. The highest BCUT2D eigenvalue weighted by Crippen LogP contribution is 2.22. The Morgan fingerprint density at radius 1 is 1.38 bits per heavy atom. The van der Waals surface area contributed by atoms with E-state index < -0.39 is 5.67 Å². The molecule has 2 N–H and O–H groups in total. The molecule has 1 aliphatic heterocycles. The van der Waals surface area contributed by atoms with Crippen LogP contribution in [0.1, 0.15) is 30.6 Å². The molecule has 11 heteroatoms. The number of aromatic nitrogens is 5. The van der Waals surface area contributed by atoms with E-state index in [4.69, 9.17) is 4.98 Å². The van der Waals surface area contributed by atoms with Crippen LogP contribution in [-0.4, -0.2) is 62.1 Å². The van der Waals surface area contributed by atoms with Crippen LogP contribution in [-0.2, 0) is 7.05 Å². The molecule has 172 valence electrons. The fourth-order valence-corrected chi connectivity index (χ4v) is 3.46. The van der Waals surface area contributed by atoms with Crippen molar-refractivity contribution in [2.75, 3.05) is 36.4 Å². The van der Waals surface area contributed by atoms with Crippen molar-refractivity contribution < 1.29 is 9.18 Å². The highest BCUT2D eigenvalue weighted by atomic mass is 79.9. The van der Waals surface area contributed by atoms with Gasteiger partial charge in [-0.3, -0.25) is 9.48 Å². The van der Waals surface area contributed by atoms with Gasteiger partial charge in [-0.2, -0.15) is 10.2 Å². The lowest BCUT2D eigenvalue weighted by Gasteiger charge is -2.20. The molecule has 0 unspecified atom stereocenters. The molecule has 1 fully saturated rings. The number of rotatable bonds is 4. The van der Waals surface area contributed by atoms with Crippen molar-refractivity contribution in [1.82, 2.24) is 29.7 Å². The Bertz CT molecular complexity index is 1080. The van der Waals surface area contributed by atoms with Gasteiger partial charge in [0.1, 0.15) is 17.1 Å². The Morgan fingerprint density at radius 3 is 2.78 bits per heavy atom. The van der Waals surface area contributed by atoms with Crippen molar-refractivity contribution in [1.29, 1.82) is 0 Å². The number of hydrogen-bond acceptors (Lipinski definition) is 6. The number of halogens is 2. The van der Waals surface area contributed by atoms with Gasteiger partial charge in [0.15, 0.2) is 10.3 Å². The van der Waals surface area contributed by atoms with Crippen LogP contribution in [0, 0.1) is 0 Å². The highest BCUT2D eigenvalue weighted by molar-refractivity contribution is 9.10. The van der Waals surface area contributed by atoms with Crippen LogP contribution < -0.4 is 15.5 Å². The average molecular weight is 507 g/mol. The van der Waals surface area contributed by atoms with E-state index in [0.29, 0.717) is 21.5 Å². The van der Waals surface area contributed by atoms with Crippen LogP contribution in [0.3, 0.4) is 0 Å². The van der Waals surface area contributed by atoms with E-state index in [1.165, 1.54) is 26.1 Å². The third-order valence-electron chi connectivity index (χ3n) is 4.78. The standard InChI is InChI=1S/C16H19BrN8O.C5H9F/c1-23-10-12(14(17)22-23)20-16(26)11-9-19-25-7-3-13(21-15(11)25)24-6-2-4-18-5-8-24;1-4-5(2,3)6/h3,7,9-10,18H,2,4-6,8H2,1H3,(H,20,26);4H,1H2,2-3H3. The van der Waals surface area contributed by atoms with E-state index in [-0.39, 0.29) is 5.91 Å². The maximum Gasteiger partial charge on any atom is 0.261 e. The molecule has 0 radical (unpaired) electrons. The molecule has 0 aliphatic carbocycles. The van der Waals surface area contributed by atoms with Gasteiger partial charge in [0.05, 0.1) is 11.9 Å². The van der Waals surface area contributed by atoms with Crippen molar-refractivity contribution in [3.8, 4) is 0 Å². The molecule has 0 bridgehead atoms. The zero-order valence-electron chi connectivity index (χ0n) is 18.5. The molecule has 0 saturated carbocycles. The molecule has 3 aromatic rings. The Morgan fingerprint density at radius 2 is 2.12 bits per heavy atom. The fraction of sp³-hybridized carbons (Fsp3) is 0.429. The molecular formula is C21H28BrFN8O. The van der Waals surface area contributed by atoms with Crippen LogP contribution in [0.2, 0.25) is 0 Å². The molecule has 32 heavy (non-hydrogen) atoms. The first kappa shape index (κ1) is 23.9. The SMILES string of the molecule is C=CC(C)(C)F.Cn1cc(NC(=O)c2cnn3ccc(N4CCCNCC4)nc23)c(Br)n1. The second-order valence-electron chi connectivity index (χ2n) is 7.93. The fourth-order valence-electron chi connectivity index (χ4n) is 3.01. The number of nitrogens with one attached hydrogen (secondary N) is 2. The number of aryl methyl sites for hydroxylation is 1. The number of hydrogen-bond donors (Lipinski definition) is 2. The van der Waals surface area contributed by atoms with E-state index in [0.717, 1.165) is 38.4 Å². The molecule has 3 aromatic heterocycles. The van der Waals surface area contributed by atoms with Crippen LogP contribution in [0.15, 0.2) is 41.9 Å². The van der Waals surface area contributed by atoms with Crippen molar-refractivity contribution in [2.45, 2.75) is 25.9 Å². The topological polar surface area (TPSA) is 92.4 Å². The average Bonchev–Trinajstić information content (AvgIpc) is 3.17. The van der Waals surface area contributed by atoms with Gasteiger partial charge < -0.3 is 15.5 Å². The minimum atomic E-state index is -1.19. The first-order valence-corrected chi connectivity index (χ1v) is 11.1. The first-order chi connectivity index (χ1) is 15.2. The van der Waals surface area contributed by atoms with E-state index in [1.54, 1.807) is 22.4 Å². The highest BCUT2D eigenvalue weighted by Gasteiger charge is 2.18. The van der Waals surface area contributed by atoms with E-state index in [9.17, 15) is 9.18 Å². The summed E-state index contributed by atoms with van der Waals surface area (Å²) in [4.78, 5) is 19.6. The van der Waals surface area contributed by atoms with Crippen LogP contribution in [0.5, 0.6) is 0 Å². The summed E-state index contributed by atoms with van der Waals surface area (Å²) in [6.07, 6.45) is 7.45. The molecule has 1 aliphatic rings. The number of carbonyl (C=O) groups is 1. The zero-order chi connectivity index (χ0) is 23.3. The minimum absolute atomic E-state index is 0.268. The predicted molar refractivity (Wildman–Crippen MR) is 127 cm³/mol. The van der Waals surface area contributed by atoms with E-state index in [1.807, 2.05) is 12.3 Å². The van der Waals surface area contributed by atoms with Crippen LogP contribution in [0.4, 0.5) is 15.9 Å². The first-order valence-electron chi connectivity index (χ1n) is 10.3. The van der Waals surface area contributed by atoms with E-state index >= 15 is 0 Å². The Kier molecular flexibility index (Phi) is 7.62. The van der Waals surface area contributed by atoms with Crippen molar-refractivity contribution in [3.05, 3.63) is 47.5 Å². The number of fused-ring (bicyclic) bond motifs is 1. The lowest BCUT2D eigenvalue weighted by molar-refractivity contribution is 0.102. The molecule has 0 atom stereocenters. The molecule has 1 saturated heterocycles. The minimum Gasteiger partial charge on any atom is -0.355 e. The maximum absolute atomic E-state index is 12.7. The van der Waals surface area contributed by atoms with Crippen molar-refractivity contribution >= 4 is 39.0 Å². The third-order valence-corrected chi connectivity index (χ3v) is 5.37. The van der Waals surface area contributed by atoms with Crippen LogP contribution >= 0.6 is 15.9 Å². The van der Waals surface area contributed by atoms with Gasteiger partial charge in [-0.25, -0.2) is 13.9 Å². The van der Waals surface area contributed by atoms with Crippen LogP contribution in [0.25, 0.3) is 5.65 Å². The molecule has 9 nitrogen and oxygen atoms in total. The largest absolute Gasteiger partial charge is 0.355 e. The number of allylic oxidation sites excluding steroid dienone is 1. The summed E-state index contributed by atoms with van der Waals surface area (Å²) in [5.74, 6) is 0.592. The number of amides is 1. The summed E-state index contributed by atoms with van der Waals surface area (Å²) < 4.78 is 15.8. The normalized spacial score (nSPS) is 14.5. The summed E-state index contributed by atoms with van der Waals surface area (Å²) in [7, 11) is 1.79. The molecule has 4 heterocycles. The smallest absolute Gasteiger partial charge is 0.261 e. The monoisotopic (exact) mass is 506 g/mol. The Balaban J connectivity index is 0.000000427. The molecule has 0 aromatic carbocycles. The lowest BCUT2D eigenvalue weighted by atomic mass is 10.2. The lowest BCUT2D eigenvalue weighted by Crippen LogP contribution is -2.28. The second-order valence-corrected chi connectivity index (χ2v) is 8.68. The van der Waals surface area contributed by atoms with Gasteiger partial charge in [-0.05, 0) is 48.8 Å². The summed E-state index contributed by atoms with van der Waals surface area (Å²) in [6.45, 7) is 9.94. The quantitative estimate of drug-likeness (QED) is 0.527. The number of carbonyl (C=O) groups excluding carboxylic acids is 1. The van der Waals surface area contributed by atoms with Gasteiger partial charge in [0, 0.05) is 39.1 Å². The summed E-state index contributed by atoms with van der Waals surface area (Å²) in [5, 5.41) is 14.6. The molecular weight excluding hydrogens is 479 g/mol. The zero-order valence-corrected chi connectivity index (χ0v) is 20.1. The number of anilines is 2. The summed E-state index contributed by atoms with van der Waals surface area (Å²) in [6, 6.07) is 1.94. The summed E-state index contributed by atoms with van der Waals surface area (Å²) >= 11 is 3.33. The van der Waals surface area contributed by atoms with Crippen molar-refractivity contribution in [3.63, 3.8) is 0 Å². The van der Waals surface area contributed by atoms with Gasteiger partial charge in [-0.15, -0.1) is 0 Å². The second kappa shape index (κ2) is 10.2. The van der Waals surface area contributed by atoms with Gasteiger partial charge in [0.25, 0.3) is 5.91 Å². The summed E-state index contributed by atoms with van der Waals surface area (Å²) in [5.41, 5.74) is 0.374. The van der Waals surface area contributed by atoms with E-state index in [2.05, 4.69) is 48.2 Å². The van der Waals surface area contributed by atoms with Crippen molar-refractivity contribution in [2.24, 2.45) is 7.05 Å². The molecule has 0 spiro atoms. The Hall–Kier alpha value is -2.79. The third kappa shape index (κ3) is 6.13. The predicted octanol–water partition coefficient (Wildman–Crippen LogP) is 3.20. The Labute approximate surface area is 194 Å². The van der Waals surface area contributed by atoms with Gasteiger partial charge in [0.2, 0.25) is 0 Å². The number of alkyl halides is 1. The molecule has 4 rings (SSSR count). The van der Waals surface area contributed by atoms with Gasteiger partial charge >= 0.3 is 0 Å². The van der Waals surface area contributed by atoms with Gasteiger partial charge in [-0.1, -0.05) is 12.7 Å². The maximum atomic E-state index is 12.7. The molecule has 1 amide bonds.